The van der Waals surface area contributed by atoms with E-state index in [0.29, 0.717) is 38.0 Å². The summed E-state index contributed by atoms with van der Waals surface area (Å²) in [6.07, 6.45) is -0.863. The number of anilines is 1. The zero-order valence-electron chi connectivity index (χ0n) is 16.1. The number of nitrogens with zero attached hydrogens (tertiary/aromatic N) is 2. The summed E-state index contributed by atoms with van der Waals surface area (Å²) in [7, 11) is 1.29. The number of carbonyl (C=O) groups excluding carboxylic acids is 1. The summed E-state index contributed by atoms with van der Waals surface area (Å²) in [5.41, 5.74) is 0.564. The molecule has 9 heteroatoms. The van der Waals surface area contributed by atoms with Crippen LogP contribution in [0.1, 0.15) is 44.1 Å². The van der Waals surface area contributed by atoms with Gasteiger partial charge in [-0.15, -0.1) is 0 Å². The molecule has 0 N–H and O–H groups in total. The van der Waals surface area contributed by atoms with Gasteiger partial charge in [-0.3, -0.25) is 14.9 Å². The molecule has 1 aromatic rings. The maximum Gasteiger partial charge on any atom is 0.306 e. The minimum atomic E-state index is -2.62. The molecule has 1 aliphatic heterocycles. The van der Waals surface area contributed by atoms with Crippen LogP contribution in [0.2, 0.25) is 0 Å². The third kappa shape index (κ3) is 5.60. The lowest BCUT2D eigenvalue weighted by Gasteiger charge is -2.35. The number of hydrogen-bond acceptors (Lipinski definition) is 6. The number of methoxy groups -OCH3 is 1. The number of esters is 1. The van der Waals surface area contributed by atoms with E-state index in [4.69, 9.17) is 9.47 Å². The molecule has 28 heavy (non-hydrogen) atoms. The topological polar surface area (TPSA) is 81.9 Å². The van der Waals surface area contributed by atoms with Crippen LogP contribution in [0.25, 0.3) is 0 Å². The minimum Gasteiger partial charge on any atom is -0.469 e. The van der Waals surface area contributed by atoms with Crippen molar-refractivity contribution in [3.8, 4) is 0 Å². The summed E-state index contributed by atoms with van der Waals surface area (Å²) in [5.74, 6) is -0.646. The van der Waals surface area contributed by atoms with Crippen LogP contribution in [0.3, 0.4) is 0 Å². The number of alkyl halides is 2. The summed E-state index contributed by atoms with van der Waals surface area (Å²) in [4.78, 5) is 24.2. The van der Waals surface area contributed by atoms with Gasteiger partial charge < -0.3 is 14.4 Å². The number of nitro benzene ring substituents is 1. The zero-order chi connectivity index (χ0) is 20.7. The van der Waals surface area contributed by atoms with Gasteiger partial charge in [0.2, 0.25) is 0 Å². The summed E-state index contributed by atoms with van der Waals surface area (Å²) in [6, 6.07) is 4.34. The molecule has 7 nitrogen and oxygen atoms in total. The largest absolute Gasteiger partial charge is 0.469 e. The highest BCUT2D eigenvalue weighted by Crippen LogP contribution is 2.36. The van der Waals surface area contributed by atoms with Crippen molar-refractivity contribution >= 4 is 17.3 Å². The van der Waals surface area contributed by atoms with E-state index >= 15 is 0 Å². The number of halogens is 2. The van der Waals surface area contributed by atoms with Crippen molar-refractivity contribution in [2.75, 3.05) is 31.8 Å². The van der Waals surface area contributed by atoms with Gasteiger partial charge in [0.15, 0.2) is 0 Å². The van der Waals surface area contributed by atoms with Gasteiger partial charge in [-0.2, -0.15) is 0 Å². The first-order valence-electron chi connectivity index (χ1n) is 9.35. The Bertz CT molecular complexity index is 680. The van der Waals surface area contributed by atoms with Crippen LogP contribution in [0.4, 0.5) is 20.2 Å². The van der Waals surface area contributed by atoms with E-state index in [1.54, 1.807) is 6.07 Å². The Balaban J connectivity index is 2.40. The second-order valence-corrected chi connectivity index (χ2v) is 6.78. The molecule has 2 rings (SSSR count). The Labute approximate surface area is 162 Å². The fourth-order valence-corrected chi connectivity index (χ4v) is 3.56. The summed E-state index contributed by atoms with van der Waals surface area (Å²) < 4.78 is 36.4. The summed E-state index contributed by atoms with van der Waals surface area (Å²) in [6.45, 7) is 2.17. The molecule has 0 amide bonds. The van der Waals surface area contributed by atoms with Crippen molar-refractivity contribution in [2.45, 2.75) is 51.0 Å². The van der Waals surface area contributed by atoms with Crippen LogP contribution >= 0.6 is 0 Å². The first kappa shape index (κ1) is 22.0. The maximum atomic E-state index is 13.2. The second-order valence-electron chi connectivity index (χ2n) is 6.78. The van der Waals surface area contributed by atoms with Gasteiger partial charge in [-0.1, -0.05) is 13.0 Å². The Morgan fingerprint density at radius 3 is 2.61 bits per heavy atom. The standard InChI is InChI=1S/C19H26F2N2O5/c1-3-13(11-19(24)27-2)14-4-5-16(17(10-14)23(25)26)22(12-18(20)21)15-6-8-28-9-7-15/h4-5,10,13,15,18H,3,6-9,11-12H2,1-2H3. The lowest BCUT2D eigenvalue weighted by atomic mass is 9.92. The van der Waals surface area contributed by atoms with Crippen molar-refractivity contribution in [2.24, 2.45) is 0 Å². The Morgan fingerprint density at radius 2 is 2.07 bits per heavy atom. The van der Waals surface area contributed by atoms with Crippen LogP contribution in [0.5, 0.6) is 0 Å². The van der Waals surface area contributed by atoms with Crippen molar-refractivity contribution in [3.05, 3.63) is 33.9 Å². The monoisotopic (exact) mass is 400 g/mol. The number of hydrogen-bond donors (Lipinski definition) is 0. The van der Waals surface area contributed by atoms with Gasteiger partial charge in [0, 0.05) is 25.3 Å². The van der Waals surface area contributed by atoms with Crippen LogP contribution < -0.4 is 4.90 Å². The molecule has 1 aliphatic rings. The molecular formula is C19H26F2N2O5. The Kier molecular flexibility index (Phi) is 8.10. The molecule has 0 aromatic heterocycles. The smallest absolute Gasteiger partial charge is 0.306 e. The highest BCUT2D eigenvalue weighted by molar-refractivity contribution is 5.71. The summed E-state index contributed by atoms with van der Waals surface area (Å²) in [5, 5.41) is 11.7. The van der Waals surface area contributed by atoms with Gasteiger partial charge in [0.25, 0.3) is 12.1 Å². The molecule has 0 bridgehead atoms. The molecular weight excluding hydrogens is 374 g/mol. The molecule has 0 saturated carbocycles. The Morgan fingerprint density at radius 1 is 1.39 bits per heavy atom. The van der Waals surface area contributed by atoms with Gasteiger partial charge in [0.1, 0.15) is 5.69 Å². The number of ether oxygens (including phenoxy) is 2. The van der Waals surface area contributed by atoms with E-state index in [0.717, 1.165) is 0 Å². The van der Waals surface area contributed by atoms with E-state index < -0.39 is 23.9 Å². The average molecular weight is 400 g/mol. The highest BCUT2D eigenvalue weighted by atomic mass is 19.3. The molecule has 0 aliphatic carbocycles. The fourth-order valence-electron chi connectivity index (χ4n) is 3.56. The van der Waals surface area contributed by atoms with Gasteiger partial charge in [-0.05, 0) is 36.8 Å². The molecule has 1 aromatic carbocycles. The molecule has 1 atom stereocenters. The highest BCUT2D eigenvalue weighted by Gasteiger charge is 2.30. The molecule has 1 fully saturated rings. The Hall–Kier alpha value is -2.29. The zero-order valence-corrected chi connectivity index (χ0v) is 16.1. The van der Waals surface area contributed by atoms with Gasteiger partial charge in [-0.25, -0.2) is 8.78 Å². The third-order valence-electron chi connectivity index (χ3n) is 5.08. The maximum absolute atomic E-state index is 13.2. The predicted molar refractivity (Wildman–Crippen MR) is 100.0 cm³/mol. The van der Waals surface area contributed by atoms with Crippen LogP contribution in [0.15, 0.2) is 18.2 Å². The number of carbonyl (C=O) groups is 1. The van der Waals surface area contributed by atoms with Crippen LogP contribution in [-0.4, -0.2) is 50.2 Å². The lowest BCUT2D eigenvalue weighted by Crippen LogP contribution is -2.42. The van der Waals surface area contributed by atoms with E-state index in [9.17, 15) is 23.7 Å². The quantitative estimate of drug-likeness (QED) is 0.355. The second kappa shape index (κ2) is 10.3. The molecule has 0 radical (unpaired) electrons. The third-order valence-corrected chi connectivity index (χ3v) is 5.08. The average Bonchev–Trinajstić information content (AvgIpc) is 2.70. The molecule has 1 saturated heterocycles. The van der Waals surface area contributed by atoms with Crippen molar-refractivity contribution < 1.29 is 28.0 Å². The van der Waals surface area contributed by atoms with Crippen LogP contribution in [0, 0.1) is 10.1 Å². The molecule has 0 spiro atoms. The SMILES string of the molecule is CCC(CC(=O)OC)c1ccc(N(CC(F)F)C2CCOCC2)c([N+](=O)[O-])c1. The molecule has 1 heterocycles. The number of nitro groups is 1. The lowest BCUT2D eigenvalue weighted by molar-refractivity contribution is -0.384. The van der Waals surface area contributed by atoms with E-state index in [-0.39, 0.29) is 29.8 Å². The number of benzene rings is 1. The minimum absolute atomic E-state index is 0.101. The fraction of sp³-hybridized carbons (Fsp3) is 0.632. The predicted octanol–water partition coefficient (Wildman–Crippen LogP) is 3.90. The first-order valence-corrected chi connectivity index (χ1v) is 9.35. The summed E-state index contributed by atoms with van der Waals surface area (Å²) >= 11 is 0. The van der Waals surface area contributed by atoms with Crippen LogP contribution in [-0.2, 0) is 14.3 Å². The van der Waals surface area contributed by atoms with Crippen molar-refractivity contribution in [1.82, 2.24) is 0 Å². The first-order chi connectivity index (χ1) is 13.4. The van der Waals surface area contributed by atoms with Gasteiger partial charge >= 0.3 is 5.97 Å². The molecule has 1 unspecified atom stereocenters. The van der Waals surface area contributed by atoms with Gasteiger partial charge in [0.05, 0.1) is 25.0 Å². The number of rotatable bonds is 9. The van der Waals surface area contributed by atoms with Crippen molar-refractivity contribution in [1.29, 1.82) is 0 Å². The van der Waals surface area contributed by atoms with E-state index in [1.807, 2.05) is 6.92 Å². The normalized spacial score (nSPS) is 16.0. The van der Waals surface area contributed by atoms with E-state index in [2.05, 4.69) is 0 Å². The van der Waals surface area contributed by atoms with E-state index in [1.165, 1.54) is 24.1 Å². The molecule has 156 valence electrons. The van der Waals surface area contributed by atoms with Crippen molar-refractivity contribution in [3.63, 3.8) is 0 Å².